The zero-order valence-electron chi connectivity index (χ0n) is 36.5. The number of pyridine rings is 2. The molecule has 0 aliphatic carbocycles. The molecule has 0 atom stereocenters. The van der Waals surface area contributed by atoms with Crippen LogP contribution in [0.15, 0.2) is 255 Å². The van der Waals surface area contributed by atoms with E-state index in [1.54, 1.807) is 0 Å². The number of allylic oxidation sites excluding steroid dienone is 2. The third-order valence-electron chi connectivity index (χ3n) is 13.7. The zero-order valence-corrected chi connectivity index (χ0v) is 37.5. The molecule has 0 spiro atoms. The van der Waals surface area contributed by atoms with Gasteiger partial charge in [0.1, 0.15) is 11.6 Å². The van der Waals surface area contributed by atoms with Gasteiger partial charge in [0.2, 0.25) is 0 Å². The standard InChI is InChI=1S/C62H42N4Si/c1-5-21-43(22-6-1)59-60(44-23-7-2-8-24-44)62(46-38-40-58(64-42-46)66-55-35-19-15-31-51(55)52-32-16-20-36-56(52)66)67(47-25-9-3-10-26-47,48-27-11-4-12-28-48)61(59)45-37-39-57(63-41-45)65-53-33-17-13-29-49(53)50-30-14-18-34-54(50)65/h1-42H. The van der Waals surface area contributed by atoms with Crippen LogP contribution >= 0.6 is 0 Å². The molecule has 0 unspecified atom stereocenters. The number of rotatable bonds is 8. The third-order valence-corrected chi connectivity index (χ3v) is 18.7. The fourth-order valence-electron chi connectivity index (χ4n) is 11.1. The first kappa shape index (κ1) is 38.8. The Balaban J connectivity index is 1.12. The molecule has 0 N–H and O–H groups in total. The van der Waals surface area contributed by atoms with E-state index in [-0.39, 0.29) is 0 Å². The minimum Gasteiger partial charge on any atom is -0.294 e. The van der Waals surface area contributed by atoms with Gasteiger partial charge in [-0.1, -0.05) is 194 Å². The van der Waals surface area contributed by atoms with Gasteiger partial charge in [-0.05, 0) is 103 Å². The van der Waals surface area contributed by atoms with E-state index >= 15 is 0 Å². The number of nitrogens with zero attached hydrogens (tertiary/aromatic N) is 4. The molecule has 13 rings (SSSR count). The van der Waals surface area contributed by atoms with Crippen LogP contribution in [-0.4, -0.2) is 27.2 Å². The third kappa shape index (κ3) is 5.99. The van der Waals surface area contributed by atoms with Crippen LogP contribution in [0, 0.1) is 0 Å². The van der Waals surface area contributed by atoms with E-state index in [1.165, 1.54) is 53.5 Å². The Morgan fingerprint density at radius 2 is 0.567 bits per heavy atom. The Kier molecular flexibility index (Phi) is 9.15. The SMILES string of the molecule is c1ccc(C2=C(c3ccc(-n4c5ccccc5c5ccccc54)nc3)[Si](c3ccccc3)(c3ccccc3)C(c3ccc(-n4c5ccccc5c5ccccc54)nc3)=C2c2ccccc2)cc1. The molecule has 314 valence electrons. The van der Waals surface area contributed by atoms with Crippen molar-refractivity contribution in [3.05, 3.63) is 277 Å². The van der Waals surface area contributed by atoms with Gasteiger partial charge in [0.15, 0.2) is 8.07 Å². The molecule has 1 aliphatic heterocycles. The summed E-state index contributed by atoms with van der Waals surface area (Å²) in [7, 11) is -3.29. The van der Waals surface area contributed by atoms with Crippen LogP contribution in [0.2, 0.25) is 0 Å². The Morgan fingerprint density at radius 1 is 0.269 bits per heavy atom. The van der Waals surface area contributed by atoms with Gasteiger partial charge in [-0.3, -0.25) is 9.13 Å². The van der Waals surface area contributed by atoms with E-state index in [2.05, 4.69) is 264 Å². The highest BCUT2D eigenvalue weighted by Gasteiger charge is 2.53. The summed E-state index contributed by atoms with van der Waals surface area (Å²) in [5, 5.41) is 10.1. The minimum atomic E-state index is -3.29. The van der Waals surface area contributed by atoms with Crippen LogP contribution in [0.4, 0.5) is 0 Å². The number of aromatic nitrogens is 4. The Bertz CT molecular complexity index is 3510. The van der Waals surface area contributed by atoms with Crippen LogP contribution in [0.5, 0.6) is 0 Å². The monoisotopic (exact) mass is 870 g/mol. The smallest absolute Gasteiger partial charge is 0.182 e. The summed E-state index contributed by atoms with van der Waals surface area (Å²) in [5.74, 6) is 1.77. The second-order valence-electron chi connectivity index (χ2n) is 17.3. The van der Waals surface area contributed by atoms with Crippen molar-refractivity contribution in [1.29, 1.82) is 0 Å². The van der Waals surface area contributed by atoms with Crippen molar-refractivity contribution in [1.82, 2.24) is 19.1 Å². The molecule has 8 aromatic carbocycles. The van der Waals surface area contributed by atoms with E-state index in [4.69, 9.17) is 9.97 Å². The highest BCUT2D eigenvalue weighted by Crippen LogP contribution is 2.55. The maximum atomic E-state index is 5.45. The van der Waals surface area contributed by atoms with E-state index in [9.17, 15) is 0 Å². The molecule has 0 fully saturated rings. The van der Waals surface area contributed by atoms with Crippen molar-refractivity contribution >= 4 is 83.6 Å². The second-order valence-corrected chi connectivity index (χ2v) is 20.9. The maximum absolute atomic E-state index is 5.45. The molecule has 0 bridgehead atoms. The lowest BCUT2D eigenvalue weighted by molar-refractivity contribution is 1.08. The Labute approximate surface area is 389 Å². The summed E-state index contributed by atoms with van der Waals surface area (Å²) in [4.78, 5) is 10.9. The molecular weight excluding hydrogens is 829 g/mol. The molecular formula is C62H42N4Si. The molecule has 0 amide bonds. The van der Waals surface area contributed by atoms with E-state index < -0.39 is 8.07 Å². The summed E-state index contributed by atoms with van der Waals surface area (Å²) in [6.45, 7) is 0. The fraction of sp³-hybridized carbons (Fsp3) is 0. The molecule has 0 saturated carbocycles. The van der Waals surface area contributed by atoms with Crippen molar-refractivity contribution in [3.8, 4) is 11.6 Å². The predicted molar refractivity (Wildman–Crippen MR) is 282 cm³/mol. The molecule has 67 heavy (non-hydrogen) atoms. The van der Waals surface area contributed by atoms with Gasteiger partial charge in [0.25, 0.3) is 0 Å². The van der Waals surface area contributed by atoms with E-state index in [0.29, 0.717) is 0 Å². The lowest BCUT2D eigenvalue weighted by Crippen LogP contribution is -2.59. The summed E-state index contributed by atoms with van der Waals surface area (Å²) in [6, 6.07) is 88.2. The number of benzene rings is 8. The Hall–Kier alpha value is -8.64. The summed E-state index contributed by atoms with van der Waals surface area (Å²) >= 11 is 0. The highest BCUT2D eigenvalue weighted by molar-refractivity contribution is 7.29. The van der Waals surface area contributed by atoms with Crippen LogP contribution in [0.25, 0.3) is 76.8 Å². The summed E-state index contributed by atoms with van der Waals surface area (Å²) < 4.78 is 4.61. The van der Waals surface area contributed by atoms with Crippen LogP contribution in [0.3, 0.4) is 0 Å². The molecule has 0 radical (unpaired) electrons. The van der Waals surface area contributed by atoms with Gasteiger partial charge in [-0.15, -0.1) is 0 Å². The molecule has 0 saturated heterocycles. The average molecular weight is 871 g/mol. The van der Waals surface area contributed by atoms with E-state index in [0.717, 1.165) is 56.0 Å². The minimum absolute atomic E-state index is 0.883. The van der Waals surface area contributed by atoms with Crippen molar-refractivity contribution in [2.24, 2.45) is 0 Å². The highest BCUT2D eigenvalue weighted by atomic mass is 28.3. The average Bonchev–Trinajstić information content (AvgIpc) is 4.05. The van der Waals surface area contributed by atoms with Crippen molar-refractivity contribution in [2.45, 2.75) is 0 Å². The molecule has 4 nitrogen and oxygen atoms in total. The first-order chi connectivity index (χ1) is 33.3. The van der Waals surface area contributed by atoms with Crippen molar-refractivity contribution in [3.63, 3.8) is 0 Å². The largest absolute Gasteiger partial charge is 0.294 e. The molecule has 12 aromatic rings. The molecule has 5 heterocycles. The quantitative estimate of drug-likeness (QED) is 0.143. The maximum Gasteiger partial charge on any atom is 0.182 e. The molecule has 5 heteroatoms. The topological polar surface area (TPSA) is 35.6 Å². The van der Waals surface area contributed by atoms with Gasteiger partial charge < -0.3 is 0 Å². The van der Waals surface area contributed by atoms with Crippen LogP contribution in [-0.2, 0) is 0 Å². The number of fused-ring (bicyclic) bond motifs is 6. The van der Waals surface area contributed by atoms with Gasteiger partial charge in [-0.2, -0.15) is 0 Å². The number of para-hydroxylation sites is 4. The first-order valence-corrected chi connectivity index (χ1v) is 24.9. The van der Waals surface area contributed by atoms with Gasteiger partial charge in [-0.25, -0.2) is 9.97 Å². The normalized spacial score (nSPS) is 13.7. The van der Waals surface area contributed by atoms with Crippen molar-refractivity contribution < 1.29 is 0 Å². The lowest BCUT2D eigenvalue weighted by atomic mass is 9.89. The molecule has 4 aromatic heterocycles. The van der Waals surface area contributed by atoms with Gasteiger partial charge >= 0.3 is 0 Å². The van der Waals surface area contributed by atoms with Gasteiger partial charge in [0.05, 0.1) is 22.1 Å². The second kappa shape index (κ2) is 15.8. The van der Waals surface area contributed by atoms with Gasteiger partial charge in [0, 0.05) is 33.9 Å². The lowest BCUT2D eigenvalue weighted by Gasteiger charge is -2.36. The zero-order chi connectivity index (χ0) is 44.3. The van der Waals surface area contributed by atoms with Crippen LogP contribution < -0.4 is 10.4 Å². The first-order valence-electron chi connectivity index (χ1n) is 22.9. The predicted octanol–water partition coefficient (Wildman–Crippen LogP) is 13.5. The van der Waals surface area contributed by atoms with Crippen molar-refractivity contribution in [2.75, 3.05) is 0 Å². The number of hydrogen-bond donors (Lipinski definition) is 0. The fourth-order valence-corrected chi connectivity index (χ4v) is 16.6. The number of hydrogen-bond acceptors (Lipinski definition) is 2. The van der Waals surface area contributed by atoms with E-state index in [1.807, 2.05) is 0 Å². The molecule has 1 aliphatic rings. The Morgan fingerprint density at radius 3 is 0.881 bits per heavy atom. The summed E-state index contributed by atoms with van der Waals surface area (Å²) in [5.41, 5.74) is 11.5. The van der Waals surface area contributed by atoms with Crippen LogP contribution in [0.1, 0.15) is 22.3 Å². The summed E-state index contributed by atoms with van der Waals surface area (Å²) in [6.07, 6.45) is 4.28.